The Morgan fingerprint density at radius 3 is 2.67 bits per heavy atom. The van der Waals surface area contributed by atoms with Crippen molar-refractivity contribution in [3.05, 3.63) is 35.0 Å². The molecule has 0 atom stereocenters. The number of β-amino-alcohol motifs (C(OH)–C–C–N with tert-alkyl or cyclic N) is 1. The molecule has 0 spiro atoms. The van der Waals surface area contributed by atoms with Crippen molar-refractivity contribution < 1.29 is 34.4 Å². The van der Waals surface area contributed by atoms with Crippen LogP contribution >= 0.6 is 0 Å². The summed E-state index contributed by atoms with van der Waals surface area (Å²) >= 11 is 0. The van der Waals surface area contributed by atoms with Crippen molar-refractivity contribution in [1.29, 1.82) is 0 Å². The quantitative estimate of drug-likeness (QED) is 0.523. The number of aliphatic hydroxyl groups excluding tert-OH is 1. The summed E-state index contributed by atoms with van der Waals surface area (Å²) in [5.74, 6) is -3.20. The second kappa shape index (κ2) is 7.01. The lowest BCUT2D eigenvalue weighted by Gasteiger charge is -2.15. The molecule has 9 nitrogen and oxygen atoms in total. The molecule has 1 aliphatic rings. The molecule has 0 aromatic heterocycles. The standard InChI is InChI=1S/C15H16N2O7/c1-24-15(23)8-7-17(5-6-18)13(20)12(8)16-9-3-2-4-10(19)11(9)14(21)22/h2-4,16,18-19H,5-7H2,1H3,(H,21,22). The third-order valence-corrected chi connectivity index (χ3v) is 3.47. The molecule has 1 heterocycles. The van der Waals surface area contributed by atoms with Crippen LogP contribution in [0.5, 0.6) is 5.75 Å². The van der Waals surface area contributed by atoms with E-state index in [4.69, 9.17) is 5.11 Å². The molecule has 1 aliphatic heterocycles. The van der Waals surface area contributed by atoms with E-state index in [0.717, 1.165) is 7.11 Å². The molecular weight excluding hydrogens is 320 g/mol. The fraction of sp³-hybridized carbons (Fsp3) is 0.267. The van der Waals surface area contributed by atoms with Gasteiger partial charge in [0.2, 0.25) is 0 Å². The fourth-order valence-corrected chi connectivity index (χ4v) is 2.35. The van der Waals surface area contributed by atoms with Crippen LogP contribution in [0.2, 0.25) is 0 Å². The maximum atomic E-state index is 12.4. The van der Waals surface area contributed by atoms with Gasteiger partial charge < -0.3 is 30.3 Å². The number of aromatic carboxylic acids is 1. The molecule has 0 radical (unpaired) electrons. The number of aromatic hydroxyl groups is 1. The van der Waals surface area contributed by atoms with E-state index in [1.807, 2.05) is 0 Å². The summed E-state index contributed by atoms with van der Waals surface area (Å²) in [7, 11) is 1.16. The number of rotatable bonds is 6. The van der Waals surface area contributed by atoms with Crippen molar-refractivity contribution in [3.63, 3.8) is 0 Å². The van der Waals surface area contributed by atoms with Crippen LogP contribution < -0.4 is 5.32 Å². The van der Waals surface area contributed by atoms with E-state index in [2.05, 4.69) is 10.1 Å². The number of nitrogens with zero attached hydrogens (tertiary/aromatic N) is 1. The predicted octanol–water partition coefficient (Wildman–Crippen LogP) is -0.236. The van der Waals surface area contributed by atoms with E-state index in [0.29, 0.717) is 0 Å². The average Bonchev–Trinajstić information content (AvgIpc) is 2.84. The Bertz CT molecular complexity index is 727. The maximum Gasteiger partial charge on any atom is 0.341 e. The second-order valence-electron chi connectivity index (χ2n) is 4.93. The highest BCUT2D eigenvalue weighted by molar-refractivity contribution is 6.09. The van der Waals surface area contributed by atoms with E-state index in [9.17, 15) is 24.6 Å². The predicted molar refractivity (Wildman–Crippen MR) is 81.4 cm³/mol. The molecule has 0 saturated carbocycles. The second-order valence-corrected chi connectivity index (χ2v) is 4.93. The molecule has 1 aromatic rings. The lowest BCUT2D eigenvalue weighted by Crippen LogP contribution is -2.31. The van der Waals surface area contributed by atoms with Crippen LogP contribution in [0.25, 0.3) is 0 Å². The number of ether oxygens (including phenoxy) is 1. The van der Waals surface area contributed by atoms with Crippen LogP contribution in [0.15, 0.2) is 29.5 Å². The number of aliphatic hydroxyl groups is 1. The smallest absolute Gasteiger partial charge is 0.341 e. The van der Waals surface area contributed by atoms with E-state index in [1.165, 1.54) is 23.1 Å². The van der Waals surface area contributed by atoms with Crippen molar-refractivity contribution in [2.24, 2.45) is 0 Å². The molecule has 0 saturated heterocycles. The molecule has 9 heteroatoms. The van der Waals surface area contributed by atoms with Gasteiger partial charge in [0.1, 0.15) is 17.0 Å². The van der Waals surface area contributed by atoms with Gasteiger partial charge in [-0.05, 0) is 12.1 Å². The highest BCUT2D eigenvalue weighted by Gasteiger charge is 2.35. The van der Waals surface area contributed by atoms with Crippen LogP contribution in [0.4, 0.5) is 5.69 Å². The minimum absolute atomic E-state index is 0.00984. The number of carboxylic acids is 1. The van der Waals surface area contributed by atoms with Gasteiger partial charge in [0.25, 0.3) is 5.91 Å². The average molecular weight is 336 g/mol. The molecule has 24 heavy (non-hydrogen) atoms. The molecule has 2 rings (SSSR count). The zero-order valence-electron chi connectivity index (χ0n) is 12.8. The monoisotopic (exact) mass is 336 g/mol. The number of hydrogen-bond donors (Lipinski definition) is 4. The van der Waals surface area contributed by atoms with E-state index in [-0.39, 0.29) is 36.7 Å². The van der Waals surface area contributed by atoms with Crippen molar-refractivity contribution in [3.8, 4) is 5.75 Å². The number of phenols is 1. The number of carbonyl (C=O) groups is 3. The first-order valence-corrected chi connectivity index (χ1v) is 6.94. The fourth-order valence-electron chi connectivity index (χ4n) is 2.35. The lowest BCUT2D eigenvalue weighted by atomic mass is 10.1. The molecule has 0 bridgehead atoms. The third-order valence-electron chi connectivity index (χ3n) is 3.47. The Labute approximate surface area is 136 Å². The number of methoxy groups -OCH3 is 1. The van der Waals surface area contributed by atoms with Gasteiger partial charge in [-0.2, -0.15) is 0 Å². The molecular formula is C15H16N2O7. The summed E-state index contributed by atoms with van der Waals surface area (Å²) in [6.07, 6.45) is 0. The summed E-state index contributed by atoms with van der Waals surface area (Å²) in [5, 5.41) is 30.5. The largest absolute Gasteiger partial charge is 0.507 e. The van der Waals surface area contributed by atoms with E-state index in [1.54, 1.807) is 0 Å². The van der Waals surface area contributed by atoms with Gasteiger partial charge in [-0.1, -0.05) is 6.07 Å². The van der Waals surface area contributed by atoms with Gasteiger partial charge in [0, 0.05) is 6.54 Å². The third kappa shape index (κ3) is 3.15. The minimum Gasteiger partial charge on any atom is -0.507 e. The summed E-state index contributed by atoms with van der Waals surface area (Å²) in [6, 6.07) is 3.94. The Balaban J connectivity index is 2.45. The SMILES string of the molecule is COC(=O)C1=C(Nc2cccc(O)c2C(=O)O)C(=O)N(CCO)C1. The summed E-state index contributed by atoms with van der Waals surface area (Å²) in [6.45, 7) is -0.355. The highest BCUT2D eigenvalue weighted by Crippen LogP contribution is 2.29. The maximum absolute atomic E-state index is 12.4. The number of esters is 1. The van der Waals surface area contributed by atoms with Gasteiger partial charge in [-0.3, -0.25) is 4.79 Å². The van der Waals surface area contributed by atoms with Crippen LogP contribution in [0.1, 0.15) is 10.4 Å². The molecule has 1 amide bonds. The molecule has 0 aliphatic carbocycles. The number of nitrogens with one attached hydrogen (secondary N) is 1. The number of amides is 1. The lowest BCUT2D eigenvalue weighted by molar-refractivity contribution is -0.136. The molecule has 1 aromatic carbocycles. The van der Waals surface area contributed by atoms with E-state index < -0.39 is 29.2 Å². The molecule has 128 valence electrons. The Morgan fingerprint density at radius 2 is 2.08 bits per heavy atom. The summed E-state index contributed by atoms with van der Waals surface area (Å²) in [4.78, 5) is 36.8. The van der Waals surface area contributed by atoms with Crippen LogP contribution in [0.3, 0.4) is 0 Å². The zero-order valence-corrected chi connectivity index (χ0v) is 12.8. The number of carbonyl (C=O) groups excluding carboxylic acids is 2. The number of hydrogen-bond acceptors (Lipinski definition) is 7. The molecule has 0 fully saturated rings. The summed E-state index contributed by atoms with van der Waals surface area (Å²) < 4.78 is 4.63. The van der Waals surface area contributed by atoms with Crippen molar-refractivity contribution in [1.82, 2.24) is 4.90 Å². The first-order chi connectivity index (χ1) is 11.4. The van der Waals surface area contributed by atoms with Crippen molar-refractivity contribution >= 4 is 23.5 Å². The molecule has 4 N–H and O–H groups in total. The summed E-state index contributed by atoms with van der Waals surface area (Å²) in [5.41, 5.74) is -0.611. The van der Waals surface area contributed by atoms with Crippen LogP contribution in [-0.2, 0) is 14.3 Å². The Morgan fingerprint density at radius 1 is 1.38 bits per heavy atom. The van der Waals surface area contributed by atoms with Crippen molar-refractivity contribution in [2.75, 3.05) is 32.1 Å². The van der Waals surface area contributed by atoms with E-state index >= 15 is 0 Å². The van der Waals surface area contributed by atoms with Crippen molar-refractivity contribution in [2.45, 2.75) is 0 Å². The van der Waals surface area contributed by atoms with Gasteiger partial charge in [-0.15, -0.1) is 0 Å². The topological polar surface area (TPSA) is 136 Å². The zero-order chi connectivity index (χ0) is 17.9. The van der Waals surface area contributed by atoms with Crippen LogP contribution in [-0.4, -0.2) is 64.9 Å². The Kier molecular flexibility index (Phi) is 5.05. The van der Waals surface area contributed by atoms with Crippen LogP contribution in [0, 0.1) is 0 Å². The van der Waals surface area contributed by atoms with Gasteiger partial charge in [0.05, 0.1) is 31.5 Å². The highest BCUT2D eigenvalue weighted by atomic mass is 16.5. The van der Waals surface area contributed by atoms with Gasteiger partial charge >= 0.3 is 11.9 Å². The Hall–Kier alpha value is -3.07. The van der Waals surface area contributed by atoms with Gasteiger partial charge in [-0.25, -0.2) is 9.59 Å². The number of anilines is 1. The first-order valence-electron chi connectivity index (χ1n) is 6.94. The number of benzene rings is 1. The molecule has 0 unspecified atom stereocenters. The number of carboxylic acid groups (broad SMARTS) is 1. The first kappa shape index (κ1) is 17.3. The van der Waals surface area contributed by atoms with Gasteiger partial charge in [0.15, 0.2) is 0 Å². The normalized spacial score (nSPS) is 14.1. The minimum atomic E-state index is -1.39.